The van der Waals surface area contributed by atoms with E-state index in [1.807, 2.05) is 6.20 Å². The summed E-state index contributed by atoms with van der Waals surface area (Å²) >= 11 is 0. The van der Waals surface area contributed by atoms with Crippen LogP contribution in [0.5, 0.6) is 0 Å². The van der Waals surface area contributed by atoms with E-state index in [9.17, 15) is 0 Å². The molecule has 0 spiro atoms. The van der Waals surface area contributed by atoms with Crippen LogP contribution in [0, 0.1) is 0 Å². The highest BCUT2D eigenvalue weighted by atomic mass is 15.0. The molecule has 1 saturated carbocycles. The van der Waals surface area contributed by atoms with Gasteiger partial charge in [-0.15, -0.1) is 0 Å². The molecule has 1 aromatic carbocycles. The van der Waals surface area contributed by atoms with Crippen LogP contribution < -0.4 is 10.6 Å². The maximum atomic E-state index is 4.83. The number of nitrogens with one attached hydrogen (secondary N) is 3. The molecule has 5 nitrogen and oxygen atoms in total. The lowest BCUT2D eigenvalue weighted by atomic mass is 9.91. The van der Waals surface area contributed by atoms with E-state index in [1.165, 1.54) is 43.4 Å². The van der Waals surface area contributed by atoms with Crippen LogP contribution in [0.15, 0.2) is 42.6 Å². The largest absolute Gasteiger partial charge is 0.342 e. The molecule has 3 aromatic rings. The maximum absolute atomic E-state index is 4.83. The summed E-state index contributed by atoms with van der Waals surface area (Å²) in [7, 11) is 0. The van der Waals surface area contributed by atoms with E-state index < -0.39 is 0 Å². The molecule has 0 amide bonds. The normalized spacial score (nSPS) is 19.9. The van der Waals surface area contributed by atoms with Gasteiger partial charge in [-0.1, -0.05) is 18.2 Å². The molecule has 2 atom stereocenters. The lowest BCUT2D eigenvalue weighted by molar-refractivity contribution is 0.360. The second-order valence-corrected chi connectivity index (χ2v) is 8.63. The van der Waals surface area contributed by atoms with Crippen LogP contribution in [-0.4, -0.2) is 33.6 Å². The minimum atomic E-state index is 0.353. The molecule has 2 unspecified atom stereocenters. The van der Waals surface area contributed by atoms with Crippen LogP contribution in [0.25, 0.3) is 11.0 Å². The van der Waals surface area contributed by atoms with E-state index in [0.29, 0.717) is 12.1 Å². The molecule has 2 aliphatic rings. The van der Waals surface area contributed by atoms with Crippen molar-refractivity contribution in [2.24, 2.45) is 0 Å². The number of aromatic nitrogens is 3. The second-order valence-electron chi connectivity index (χ2n) is 8.63. The zero-order valence-electron chi connectivity index (χ0n) is 17.0. The Hall–Kier alpha value is -2.24. The zero-order chi connectivity index (χ0) is 19.5. The lowest BCUT2D eigenvalue weighted by Gasteiger charge is -2.29. The first-order chi connectivity index (χ1) is 14.3. The van der Waals surface area contributed by atoms with Crippen LogP contribution in [0.3, 0.4) is 0 Å². The third-order valence-corrected chi connectivity index (χ3v) is 6.25. The van der Waals surface area contributed by atoms with E-state index in [-0.39, 0.29) is 0 Å². The zero-order valence-corrected chi connectivity index (χ0v) is 17.0. The minimum Gasteiger partial charge on any atom is -0.342 e. The van der Waals surface area contributed by atoms with E-state index >= 15 is 0 Å². The molecule has 0 radical (unpaired) electrons. The molecule has 5 rings (SSSR count). The van der Waals surface area contributed by atoms with Crippen LogP contribution in [0.1, 0.15) is 61.6 Å². The van der Waals surface area contributed by atoms with Crippen molar-refractivity contribution in [2.45, 2.75) is 69.5 Å². The number of imidazole rings is 1. The Morgan fingerprint density at radius 1 is 1.10 bits per heavy atom. The number of pyridine rings is 1. The topological polar surface area (TPSA) is 65.6 Å². The summed E-state index contributed by atoms with van der Waals surface area (Å²) < 4.78 is 0. The van der Waals surface area contributed by atoms with E-state index in [4.69, 9.17) is 9.97 Å². The van der Waals surface area contributed by atoms with Crippen molar-refractivity contribution in [3.8, 4) is 0 Å². The monoisotopic (exact) mass is 389 g/mol. The predicted octanol–water partition coefficient (Wildman–Crippen LogP) is 4.07. The standard InChI is InChI=1S/C24H31N5/c1-2-10-21-20(9-1)28-23(29-21)16-19(8-5-14-25-18-12-13-18)27-22-11-3-6-17-7-4-15-26-24(17)22/h1-2,4,7,9-10,15,18-19,22,25,27H,3,5-6,8,11-14,16H2,(H,28,29). The number of hydrogen-bond acceptors (Lipinski definition) is 4. The first-order valence-electron chi connectivity index (χ1n) is 11.2. The molecule has 2 heterocycles. The summed E-state index contributed by atoms with van der Waals surface area (Å²) in [5.41, 5.74) is 4.85. The third kappa shape index (κ3) is 4.68. The number of hydrogen-bond donors (Lipinski definition) is 3. The van der Waals surface area contributed by atoms with Crippen molar-refractivity contribution in [1.82, 2.24) is 25.6 Å². The quantitative estimate of drug-likeness (QED) is 0.483. The highest BCUT2D eigenvalue weighted by Gasteiger charge is 2.25. The molecular formula is C24H31N5. The molecule has 0 saturated heterocycles. The van der Waals surface area contributed by atoms with Gasteiger partial charge in [0, 0.05) is 30.7 Å². The van der Waals surface area contributed by atoms with Gasteiger partial charge in [0.1, 0.15) is 5.82 Å². The van der Waals surface area contributed by atoms with Crippen LogP contribution in [-0.2, 0) is 12.8 Å². The molecule has 29 heavy (non-hydrogen) atoms. The Morgan fingerprint density at radius 2 is 2.03 bits per heavy atom. The van der Waals surface area contributed by atoms with Crippen molar-refractivity contribution in [2.75, 3.05) is 6.54 Å². The number of aryl methyl sites for hydroxylation is 1. The van der Waals surface area contributed by atoms with Crippen molar-refractivity contribution in [3.63, 3.8) is 0 Å². The molecule has 2 aliphatic carbocycles. The van der Waals surface area contributed by atoms with Gasteiger partial charge in [0.05, 0.1) is 16.7 Å². The summed E-state index contributed by atoms with van der Waals surface area (Å²) in [5.74, 6) is 1.08. The minimum absolute atomic E-state index is 0.353. The number of rotatable bonds is 9. The molecule has 0 aliphatic heterocycles. The van der Waals surface area contributed by atoms with Crippen LogP contribution >= 0.6 is 0 Å². The summed E-state index contributed by atoms with van der Waals surface area (Å²) in [6.45, 7) is 1.11. The van der Waals surface area contributed by atoms with Crippen molar-refractivity contribution in [1.29, 1.82) is 0 Å². The lowest BCUT2D eigenvalue weighted by Crippen LogP contribution is -2.37. The van der Waals surface area contributed by atoms with E-state index in [1.54, 1.807) is 0 Å². The Morgan fingerprint density at radius 3 is 2.93 bits per heavy atom. The van der Waals surface area contributed by atoms with Crippen molar-refractivity contribution in [3.05, 3.63) is 59.7 Å². The predicted molar refractivity (Wildman–Crippen MR) is 117 cm³/mol. The highest BCUT2D eigenvalue weighted by Crippen LogP contribution is 2.29. The number of fused-ring (bicyclic) bond motifs is 2. The average molecular weight is 390 g/mol. The Bertz CT molecular complexity index is 912. The fourth-order valence-electron chi connectivity index (χ4n) is 4.58. The third-order valence-electron chi connectivity index (χ3n) is 6.25. The van der Waals surface area contributed by atoms with E-state index in [0.717, 1.165) is 48.7 Å². The van der Waals surface area contributed by atoms with Gasteiger partial charge in [-0.05, 0) is 75.3 Å². The van der Waals surface area contributed by atoms with Gasteiger partial charge < -0.3 is 15.6 Å². The Labute approximate surface area is 172 Å². The fraction of sp³-hybridized carbons (Fsp3) is 0.500. The van der Waals surface area contributed by atoms with Crippen molar-refractivity contribution >= 4 is 11.0 Å². The van der Waals surface area contributed by atoms with Gasteiger partial charge in [0.2, 0.25) is 0 Å². The molecule has 2 aromatic heterocycles. The highest BCUT2D eigenvalue weighted by molar-refractivity contribution is 5.74. The first-order valence-corrected chi connectivity index (χ1v) is 11.2. The molecule has 5 heteroatoms. The number of H-pyrrole nitrogens is 1. The van der Waals surface area contributed by atoms with Gasteiger partial charge in [-0.2, -0.15) is 0 Å². The molecular weight excluding hydrogens is 358 g/mol. The smallest absolute Gasteiger partial charge is 0.108 e. The Balaban J connectivity index is 1.29. The number of nitrogens with zero attached hydrogens (tertiary/aromatic N) is 2. The molecule has 3 N–H and O–H groups in total. The molecule has 0 bridgehead atoms. The Kier molecular flexibility index (Phi) is 5.59. The van der Waals surface area contributed by atoms with Gasteiger partial charge in [0.25, 0.3) is 0 Å². The van der Waals surface area contributed by atoms with Gasteiger partial charge in [-0.25, -0.2) is 4.98 Å². The summed E-state index contributed by atoms with van der Waals surface area (Å²) in [6.07, 6.45) is 11.5. The van der Waals surface area contributed by atoms with Crippen molar-refractivity contribution < 1.29 is 0 Å². The fourth-order valence-corrected chi connectivity index (χ4v) is 4.58. The van der Waals surface area contributed by atoms with E-state index in [2.05, 4.69) is 52.0 Å². The number of benzene rings is 1. The molecule has 152 valence electrons. The summed E-state index contributed by atoms with van der Waals surface area (Å²) in [6, 6.07) is 14.1. The summed E-state index contributed by atoms with van der Waals surface area (Å²) in [4.78, 5) is 13.1. The summed E-state index contributed by atoms with van der Waals surface area (Å²) in [5, 5.41) is 7.61. The van der Waals surface area contributed by atoms with Gasteiger partial charge >= 0.3 is 0 Å². The average Bonchev–Trinajstić information content (AvgIpc) is 3.48. The number of aromatic amines is 1. The van der Waals surface area contributed by atoms with Gasteiger partial charge in [0.15, 0.2) is 0 Å². The van der Waals surface area contributed by atoms with Crippen LogP contribution in [0.2, 0.25) is 0 Å². The number of para-hydroxylation sites is 2. The second kappa shape index (κ2) is 8.64. The first kappa shape index (κ1) is 18.8. The molecule has 1 fully saturated rings. The van der Waals surface area contributed by atoms with Crippen LogP contribution in [0.4, 0.5) is 0 Å². The maximum Gasteiger partial charge on any atom is 0.108 e. The SMILES string of the molecule is c1cnc2c(c1)CCCC2NC(CCCNC1CC1)Cc1nc2ccccc2[nH]1. The van der Waals surface area contributed by atoms with Gasteiger partial charge in [-0.3, -0.25) is 4.98 Å².